The van der Waals surface area contributed by atoms with E-state index in [1.807, 2.05) is 38.1 Å². The predicted molar refractivity (Wildman–Crippen MR) is 80.0 cm³/mol. The number of nitrogens with one attached hydrogen (secondary N) is 1. The van der Waals surface area contributed by atoms with Gasteiger partial charge in [-0.2, -0.15) is 0 Å². The number of anilines is 1. The first kappa shape index (κ1) is 15.7. The molecule has 0 saturated heterocycles. The van der Waals surface area contributed by atoms with Crippen LogP contribution in [0, 0.1) is 5.92 Å². The molecule has 0 bridgehead atoms. The van der Waals surface area contributed by atoms with Gasteiger partial charge < -0.3 is 10.2 Å². The van der Waals surface area contributed by atoms with Crippen LogP contribution < -0.4 is 10.2 Å². The summed E-state index contributed by atoms with van der Waals surface area (Å²) in [7, 11) is 0. The van der Waals surface area contributed by atoms with Crippen LogP contribution >= 0.6 is 15.9 Å². The lowest BCUT2D eigenvalue weighted by Gasteiger charge is -2.21. The van der Waals surface area contributed by atoms with Crippen LogP contribution in [0.25, 0.3) is 0 Å². The molecule has 0 spiro atoms. The fourth-order valence-electron chi connectivity index (χ4n) is 1.58. The van der Waals surface area contributed by atoms with E-state index in [1.54, 1.807) is 4.90 Å². The lowest BCUT2D eigenvalue weighted by molar-refractivity contribution is -0.124. The summed E-state index contributed by atoms with van der Waals surface area (Å²) < 4.78 is 0.966. The Balaban J connectivity index is 2.62. The van der Waals surface area contributed by atoms with Gasteiger partial charge in [0.2, 0.25) is 11.8 Å². The predicted octanol–water partition coefficient (Wildman–Crippen LogP) is 2.57. The first-order valence-corrected chi connectivity index (χ1v) is 7.02. The van der Waals surface area contributed by atoms with E-state index in [0.29, 0.717) is 13.1 Å². The monoisotopic (exact) mass is 326 g/mol. The molecule has 5 heteroatoms. The molecule has 1 rings (SSSR count). The second-order valence-electron chi connectivity index (χ2n) is 4.59. The Hall–Kier alpha value is -1.36. The van der Waals surface area contributed by atoms with Crippen molar-refractivity contribution in [3.05, 3.63) is 28.7 Å². The molecule has 4 nitrogen and oxygen atoms in total. The van der Waals surface area contributed by atoms with Crippen LogP contribution in [0.4, 0.5) is 5.69 Å². The van der Waals surface area contributed by atoms with E-state index >= 15 is 0 Å². The van der Waals surface area contributed by atoms with E-state index in [1.165, 1.54) is 6.92 Å². The third-order valence-corrected chi connectivity index (χ3v) is 3.21. The molecule has 0 fully saturated rings. The summed E-state index contributed by atoms with van der Waals surface area (Å²) in [6, 6.07) is 7.52. The van der Waals surface area contributed by atoms with Gasteiger partial charge >= 0.3 is 0 Å². The number of carbonyl (C=O) groups is 2. The van der Waals surface area contributed by atoms with E-state index in [-0.39, 0.29) is 17.7 Å². The lowest BCUT2D eigenvalue weighted by atomic mass is 10.2. The molecule has 0 aromatic heterocycles. The summed E-state index contributed by atoms with van der Waals surface area (Å²) in [5.74, 6) is -0.0844. The highest BCUT2D eigenvalue weighted by Crippen LogP contribution is 2.18. The SMILES string of the molecule is CC(=O)N(CCNC(=O)C(C)C)c1ccc(Br)cc1. The summed E-state index contributed by atoms with van der Waals surface area (Å²) in [6.07, 6.45) is 0. The number of halogens is 1. The van der Waals surface area contributed by atoms with Gasteiger partial charge in [0.15, 0.2) is 0 Å². The van der Waals surface area contributed by atoms with Gasteiger partial charge in [-0.05, 0) is 24.3 Å². The van der Waals surface area contributed by atoms with Gasteiger partial charge in [-0.25, -0.2) is 0 Å². The van der Waals surface area contributed by atoms with Crippen LogP contribution in [0.3, 0.4) is 0 Å². The first-order valence-electron chi connectivity index (χ1n) is 6.23. The van der Waals surface area contributed by atoms with Gasteiger partial charge in [0.25, 0.3) is 0 Å². The minimum atomic E-state index is -0.0431. The smallest absolute Gasteiger partial charge is 0.223 e. The molecular formula is C14H19BrN2O2. The Morgan fingerprint density at radius 1 is 1.26 bits per heavy atom. The molecule has 0 radical (unpaired) electrons. The van der Waals surface area contributed by atoms with Crippen molar-refractivity contribution >= 4 is 33.4 Å². The van der Waals surface area contributed by atoms with Crippen molar-refractivity contribution in [3.8, 4) is 0 Å². The van der Waals surface area contributed by atoms with Gasteiger partial charge in [-0.1, -0.05) is 29.8 Å². The van der Waals surface area contributed by atoms with Crippen LogP contribution in [0.5, 0.6) is 0 Å². The molecule has 2 amide bonds. The quantitative estimate of drug-likeness (QED) is 0.904. The fraction of sp³-hybridized carbons (Fsp3) is 0.429. The van der Waals surface area contributed by atoms with E-state index in [0.717, 1.165) is 10.2 Å². The number of nitrogens with zero attached hydrogens (tertiary/aromatic N) is 1. The average molecular weight is 327 g/mol. The van der Waals surface area contributed by atoms with Crippen LogP contribution in [0.2, 0.25) is 0 Å². The van der Waals surface area contributed by atoms with Crippen molar-refractivity contribution in [3.63, 3.8) is 0 Å². The molecular weight excluding hydrogens is 308 g/mol. The summed E-state index contributed by atoms with van der Waals surface area (Å²) >= 11 is 3.36. The zero-order valence-electron chi connectivity index (χ0n) is 11.4. The fourth-order valence-corrected chi connectivity index (χ4v) is 1.85. The molecule has 0 atom stereocenters. The van der Waals surface area contributed by atoms with Gasteiger partial charge in [-0.15, -0.1) is 0 Å². The summed E-state index contributed by atoms with van der Waals surface area (Å²) in [4.78, 5) is 24.7. The maximum Gasteiger partial charge on any atom is 0.223 e. The number of hydrogen-bond acceptors (Lipinski definition) is 2. The third kappa shape index (κ3) is 5.03. The number of benzene rings is 1. The molecule has 1 aromatic carbocycles. The Labute approximate surface area is 122 Å². The second kappa shape index (κ2) is 7.28. The minimum Gasteiger partial charge on any atom is -0.354 e. The minimum absolute atomic E-state index is 0.000641. The van der Waals surface area contributed by atoms with Crippen molar-refractivity contribution in [1.82, 2.24) is 5.32 Å². The molecule has 1 aromatic rings. The lowest BCUT2D eigenvalue weighted by Crippen LogP contribution is -2.38. The zero-order chi connectivity index (χ0) is 14.4. The van der Waals surface area contributed by atoms with Gasteiger partial charge in [-0.3, -0.25) is 9.59 Å². The topological polar surface area (TPSA) is 49.4 Å². The van der Waals surface area contributed by atoms with Crippen LogP contribution in [0.15, 0.2) is 28.7 Å². The summed E-state index contributed by atoms with van der Waals surface area (Å²) in [5.41, 5.74) is 0.828. The molecule has 104 valence electrons. The highest BCUT2D eigenvalue weighted by molar-refractivity contribution is 9.10. The number of carbonyl (C=O) groups excluding carboxylic acids is 2. The second-order valence-corrected chi connectivity index (χ2v) is 5.51. The van der Waals surface area contributed by atoms with Gasteiger partial charge in [0, 0.05) is 36.1 Å². The zero-order valence-corrected chi connectivity index (χ0v) is 13.0. The van der Waals surface area contributed by atoms with Crippen LogP contribution in [0.1, 0.15) is 20.8 Å². The Morgan fingerprint density at radius 2 is 1.84 bits per heavy atom. The largest absolute Gasteiger partial charge is 0.354 e. The first-order chi connectivity index (χ1) is 8.91. The van der Waals surface area contributed by atoms with E-state index in [9.17, 15) is 9.59 Å². The maximum absolute atomic E-state index is 11.6. The average Bonchev–Trinajstić information content (AvgIpc) is 2.35. The Kier molecular flexibility index (Phi) is 6.02. The molecule has 0 saturated carbocycles. The summed E-state index contributed by atoms with van der Waals surface area (Å²) in [6.45, 7) is 6.12. The normalized spacial score (nSPS) is 10.4. The van der Waals surface area contributed by atoms with Crippen molar-refractivity contribution in [1.29, 1.82) is 0 Å². The molecule has 0 unspecified atom stereocenters. The van der Waals surface area contributed by atoms with Gasteiger partial charge in [0.1, 0.15) is 0 Å². The Bertz CT molecular complexity index is 443. The molecule has 0 aliphatic carbocycles. The van der Waals surface area contributed by atoms with Crippen molar-refractivity contribution in [2.24, 2.45) is 5.92 Å². The molecule has 0 aliphatic heterocycles. The standard InChI is InChI=1S/C14H19BrN2O2/c1-10(2)14(19)16-8-9-17(11(3)18)13-6-4-12(15)5-7-13/h4-7,10H,8-9H2,1-3H3,(H,16,19). The number of amides is 2. The van der Waals surface area contributed by atoms with E-state index in [2.05, 4.69) is 21.2 Å². The van der Waals surface area contributed by atoms with Crippen LogP contribution in [-0.2, 0) is 9.59 Å². The third-order valence-electron chi connectivity index (χ3n) is 2.68. The molecule has 19 heavy (non-hydrogen) atoms. The highest BCUT2D eigenvalue weighted by atomic mass is 79.9. The van der Waals surface area contributed by atoms with E-state index < -0.39 is 0 Å². The van der Waals surface area contributed by atoms with Crippen LogP contribution in [-0.4, -0.2) is 24.9 Å². The molecule has 1 N–H and O–H groups in total. The number of hydrogen-bond donors (Lipinski definition) is 1. The van der Waals surface area contributed by atoms with Crippen molar-refractivity contribution in [2.75, 3.05) is 18.0 Å². The van der Waals surface area contributed by atoms with E-state index in [4.69, 9.17) is 0 Å². The molecule has 0 heterocycles. The molecule has 0 aliphatic rings. The van der Waals surface area contributed by atoms with Crippen molar-refractivity contribution in [2.45, 2.75) is 20.8 Å². The van der Waals surface area contributed by atoms with Crippen molar-refractivity contribution < 1.29 is 9.59 Å². The number of rotatable bonds is 5. The summed E-state index contributed by atoms with van der Waals surface area (Å²) in [5, 5.41) is 2.81. The highest BCUT2D eigenvalue weighted by Gasteiger charge is 2.12. The Morgan fingerprint density at radius 3 is 2.32 bits per heavy atom. The van der Waals surface area contributed by atoms with Gasteiger partial charge in [0.05, 0.1) is 0 Å². The maximum atomic E-state index is 11.6.